The maximum absolute atomic E-state index is 11.2. The number of hydrogen-bond acceptors (Lipinski definition) is 4. The van der Waals surface area contributed by atoms with E-state index in [4.69, 9.17) is 11.1 Å². The molecule has 0 radical (unpaired) electrons. The molecule has 0 bridgehead atoms. The molecule has 0 fully saturated rings. The predicted octanol–water partition coefficient (Wildman–Crippen LogP) is 1.51. The zero-order valence-electron chi connectivity index (χ0n) is 9.73. The van der Waals surface area contributed by atoms with Crippen molar-refractivity contribution < 1.29 is 0 Å². The first kappa shape index (κ1) is 12.4. The van der Waals surface area contributed by atoms with E-state index in [0.29, 0.717) is 10.7 Å². The van der Waals surface area contributed by atoms with E-state index in [9.17, 15) is 4.79 Å². The molecule has 4 N–H and O–H groups in total. The predicted molar refractivity (Wildman–Crippen MR) is 71.2 cm³/mol. The number of aromatic amines is 1. The van der Waals surface area contributed by atoms with Crippen molar-refractivity contribution in [1.29, 1.82) is 5.41 Å². The van der Waals surface area contributed by atoms with Gasteiger partial charge in [-0.15, -0.1) is 0 Å². The number of rotatable bonds is 3. The Hall–Kier alpha value is -2.08. The highest BCUT2D eigenvalue weighted by Gasteiger charge is 2.10. The zero-order valence-corrected chi connectivity index (χ0v) is 10.5. The van der Waals surface area contributed by atoms with Gasteiger partial charge in [-0.3, -0.25) is 10.2 Å². The lowest BCUT2D eigenvalue weighted by Gasteiger charge is -2.09. The number of nitrogens with two attached hydrogens (primary N) is 1. The van der Waals surface area contributed by atoms with Crippen LogP contribution in [0.4, 0.5) is 0 Å². The Morgan fingerprint density at radius 3 is 2.89 bits per heavy atom. The molecule has 1 heterocycles. The van der Waals surface area contributed by atoms with Crippen LogP contribution in [-0.2, 0) is 0 Å². The molecule has 0 saturated carbocycles. The molecule has 1 aromatic heterocycles. The second kappa shape index (κ2) is 5.05. The van der Waals surface area contributed by atoms with E-state index in [1.165, 1.54) is 24.0 Å². The highest BCUT2D eigenvalue weighted by molar-refractivity contribution is 7.99. The molecule has 92 valence electrons. The third-order valence-corrected chi connectivity index (χ3v) is 3.50. The number of H-pyrrole nitrogens is 1. The van der Waals surface area contributed by atoms with E-state index in [-0.39, 0.29) is 11.4 Å². The topological polar surface area (TPSA) is 95.6 Å². The highest BCUT2D eigenvalue weighted by atomic mass is 32.2. The SMILES string of the molecule is Cc1cccc(C(=N)N)c1Sc1nccc(=O)[nH]1. The molecular formula is C12H12N4OS. The maximum atomic E-state index is 11.2. The van der Waals surface area contributed by atoms with E-state index >= 15 is 0 Å². The molecule has 0 aliphatic heterocycles. The minimum atomic E-state index is -0.203. The lowest BCUT2D eigenvalue weighted by molar-refractivity contribution is 0.935. The van der Waals surface area contributed by atoms with Crippen LogP contribution in [0.15, 0.2) is 45.3 Å². The minimum Gasteiger partial charge on any atom is -0.384 e. The molecule has 0 amide bonds. The van der Waals surface area contributed by atoms with Gasteiger partial charge in [0.25, 0.3) is 5.56 Å². The van der Waals surface area contributed by atoms with Crippen LogP contribution in [0.25, 0.3) is 0 Å². The molecule has 0 aliphatic rings. The second-order valence-corrected chi connectivity index (χ2v) is 4.71. The van der Waals surface area contributed by atoms with Gasteiger partial charge in [-0.1, -0.05) is 30.0 Å². The number of aryl methyl sites for hydroxylation is 1. The van der Waals surface area contributed by atoms with Crippen molar-refractivity contribution in [2.45, 2.75) is 17.0 Å². The summed E-state index contributed by atoms with van der Waals surface area (Å²) in [6, 6.07) is 6.90. The average Bonchev–Trinajstić information content (AvgIpc) is 2.31. The molecule has 2 aromatic rings. The Kier molecular flexibility index (Phi) is 3.47. The number of nitrogen functional groups attached to an aromatic ring is 1. The largest absolute Gasteiger partial charge is 0.384 e. The van der Waals surface area contributed by atoms with Crippen molar-refractivity contribution in [1.82, 2.24) is 9.97 Å². The van der Waals surface area contributed by atoms with Gasteiger partial charge in [0.05, 0.1) is 0 Å². The van der Waals surface area contributed by atoms with Crippen LogP contribution in [0.1, 0.15) is 11.1 Å². The van der Waals surface area contributed by atoms with Gasteiger partial charge in [-0.05, 0) is 12.5 Å². The summed E-state index contributed by atoms with van der Waals surface area (Å²) in [6.07, 6.45) is 1.45. The van der Waals surface area contributed by atoms with E-state index in [1.807, 2.05) is 19.1 Å². The van der Waals surface area contributed by atoms with Crippen molar-refractivity contribution in [3.63, 3.8) is 0 Å². The number of amidine groups is 1. The first-order valence-electron chi connectivity index (χ1n) is 5.25. The van der Waals surface area contributed by atoms with E-state index < -0.39 is 0 Å². The van der Waals surface area contributed by atoms with Crippen LogP contribution in [0.3, 0.4) is 0 Å². The molecule has 0 atom stereocenters. The van der Waals surface area contributed by atoms with Crippen LogP contribution in [0.2, 0.25) is 0 Å². The summed E-state index contributed by atoms with van der Waals surface area (Å²) in [6.45, 7) is 1.93. The summed E-state index contributed by atoms with van der Waals surface area (Å²) in [5.41, 5.74) is 6.97. The average molecular weight is 260 g/mol. The van der Waals surface area contributed by atoms with Crippen molar-refractivity contribution in [2.75, 3.05) is 0 Å². The Morgan fingerprint density at radius 1 is 1.44 bits per heavy atom. The van der Waals surface area contributed by atoms with Crippen LogP contribution < -0.4 is 11.3 Å². The third kappa shape index (κ3) is 2.60. The van der Waals surface area contributed by atoms with Crippen molar-refractivity contribution in [2.24, 2.45) is 5.73 Å². The monoisotopic (exact) mass is 260 g/mol. The van der Waals surface area contributed by atoms with Crippen LogP contribution in [0, 0.1) is 12.3 Å². The van der Waals surface area contributed by atoms with Gasteiger partial charge in [-0.25, -0.2) is 4.98 Å². The van der Waals surface area contributed by atoms with Crippen molar-refractivity contribution in [3.8, 4) is 0 Å². The molecule has 0 spiro atoms. The number of aromatic nitrogens is 2. The fourth-order valence-electron chi connectivity index (χ4n) is 1.50. The Bertz CT molecular complexity index is 651. The number of nitrogens with one attached hydrogen (secondary N) is 2. The van der Waals surface area contributed by atoms with Gasteiger partial charge < -0.3 is 10.7 Å². The summed E-state index contributed by atoms with van der Waals surface area (Å²) in [4.78, 5) is 18.7. The van der Waals surface area contributed by atoms with Crippen molar-refractivity contribution in [3.05, 3.63) is 51.9 Å². The third-order valence-electron chi connectivity index (χ3n) is 2.35. The van der Waals surface area contributed by atoms with E-state index in [2.05, 4.69) is 9.97 Å². The maximum Gasteiger partial charge on any atom is 0.251 e. The van der Waals surface area contributed by atoms with Gasteiger partial charge in [0.15, 0.2) is 5.16 Å². The number of hydrogen-bond donors (Lipinski definition) is 3. The number of benzene rings is 1. The zero-order chi connectivity index (χ0) is 13.1. The van der Waals surface area contributed by atoms with E-state index in [1.54, 1.807) is 6.07 Å². The fraction of sp³-hybridized carbons (Fsp3) is 0.0833. The summed E-state index contributed by atoms with van der Waals surface area (Å²) in [5, 5.41) is 8.04. The molecule has 6 heteroatoms. The standard InChI is InChI=1S/C12H12N4OS/c1-7-3-2-4-8(11(13)14)10(7)18-12-15-6-5-9(17)16-12/h2-6H,1H3,(H3,13,14)(H,15,16,17). The van der Waals surface area contributed by atoms with Gasteiger partial charge in [-0.2, -0.15) is 0 Å². The van der Waals surface area contributed by atoms with Crippen LogP contribution >= 0.6 is 11.8 Å². The Morgan fingerprint density at radius 2 is 2.22 bits per heavy atom. The Labute approximate surface area is 108 Å². The van der Waals surface area contributed by atoms with Gasteiger partial charge in [0, 0.05) is 22.7 Å². The minimum absolute atomic E-state index is 0.000483. The first-order chi connectivity index (χ1) is 8.58. The molecule has 0 unspecified atom stereocenters. The fourth-order valence-corrected chi connectivity index (χ4v) is 2.48. The molecule has 1 aromatic carbocycles. The second-order valence-electron chi connectivity index (χ2n) is 3.71. The molecule has 0 aliphatic carbocycles. The highest BCUT2D eigenvalue weighted by Crippen LogP contribution is 2.30. The first-order valence-corrected chi connectivity index (χ1v) is 6.07. The summed E-state index contributed by atoms with van der Waals surface area (Å²) >= 11 is 1.30. The molecule has 5 nitrogen and oxygen atoms in total. The normalized spacial score (nSPS) is 10.3. The van der Waals surface area contributed by atoms with Crippen molar-refractivity contribution >= 4 is 17.6 Å². The lowest BCUT2D eigenvalue weighted by Crippen LogP contribution is -2.13. The smallest absolute Gasteiger partial charge is 0.251 e. The molecular weight excluding hydrogens is 248 g/mol. The van der Waals surface area contributed by atoms with Gasteiger partial charge in [0.1, 0.15) is 5.84 Å². The molecule has 18 heavy (non-hydrogen) atoms. The Balaban J connectivity index is 2.45. The summed E-state index contributed by atoms with van der Waals surface area (Å²) < 4.78 is 0. The number of nitrogens with zero attached hydrogens (tertiary/aromatic N) is 1. The van der Waals surface area contributed by atoms with Crippen LogP contribution in [-0.4, -0.2) is 15.8 Å². The quantitative estimate of drug-likeness (QED) is 0.443. The van der Waals surface area contributed by atoms with Crippen LogP contribution in [0.5, 0.6) is 0 Å². The molecule has 2 rings (SSSR count). The lowest BCUT2D eigenvalue weighted by atomic mass is 10.1. The van der Waals surface area contributed by atoms with E-state index in [0.717, 1.165) is 10.5 Å². The van der Waals surface area contributed by atoms with Gasteiger partial charge in [0.2, 0.25) is 0 Å². The summed E-state index contributed by atoms with van der Waals surface area (Å²) in [5.74, 6) is -0.000483. The summed E-state index contributed by atoms with van der Waals surface area (Å²) in [7, 11) is 0. The van der Waals surface area contributed by atoms with Gasteiger partial charge >= 0.3 is 0 Å². The molecule has 0 saturated heterocycles.